The van der Waals surface area contributed by atoms with Crippen molar-refractivity contribution >= 4 is 16.6 Å². The van der Waals surface area contributed by atoms with Gasteiger partial charge in [0.1, 0.15) is 5.75 Å². The van der Waals surface area contributed by atoms with Gasteiger partial charge in [-0.3, -0.25) is 0 Å². The van der Waals surface area contributed by atoms with Crippen LogP contribution in [0.1, 0.15) is 67.9 Å². The highest BCUT2D eigenvalue weighted by Crippen LogP contribution is 2.38. The Labute approximate surface area is 230 Å². The molecule has 1 N–H and O–H groups in total. The first-order chi connectivity index (χ1) is 16.7. The molecule has 1 rings (SSSR count). The molecule has 37 heavy (non-hydrogen) atoms. The number of ether oxygens (including phenoxy) is 2. The zero-order chi connectivity index (χ0) is 28.8. The molecular formula is C30H58O5Si2. The molecule has 0 aromatic heterocycles. The Morgan fingerprint density at radius 1 is 0.757 bits per heavy atom. The van der Waals surface area contributed by atoms with E-state index in [-0.39, 0.29) is 33.9 Å². The van der Waals surface area contributed by atoms with Crippen LogP contribution in [-0.4, -0.2) is 54.3 Å². The molecule has 216 valence electrons. The molecule has 0 heterocycles. The van der Waals surface area contributed by atoms with Crippen molar-refractivity contribution in [3.05, 3.63) is 29.8 Å². The number of aliphatic hydroxyl groups is 1. The van der Waals surface area contributed by atoms with Crippen LogP contribution >= 0.6 is 0 Å². The van der Waals surface area contributed by atoms with Gasteiger partial charge >= 0.3 is 0 Å². The molecule has 7 heteroatoms. The standard InChI is InChI=1S/C30H58O5Si2/c1-22(19-34-36(11,12)29(4,5)6)27(31)24(3)28(23(2)20-35-37(13,14)30(7,8)9)33-21-25-15-17-26(32-10)18-16-25/h15-18,22-24,27-28,31H,19-21H2,1-14H3/t22-,23-,24+,27-,28-/m0/s1. The van der Waals surface area contributed by atoms with E-state index in [1.54, 1.807) is 7.11 Å². The number of hydrogen-bond donors (Lipinski definition) is 1. The number of methoxy groups -OCH3 is 1. The summed E-state index contributed by atoms with van der Waals surface area (Å²) in [4.78, 5) is 0. The number of rotatable bonds is 14. The Hall–Kier alpha value is -0.706. The Morgan fingerprint density at radius 3 is 1.59 bits per heavy atom. The molecule has 0 aliphatic carbocycles. The van der Waals surface area contributed by atoms with Crippen LogP contribution in [0.25, 0.3) is 0 Å². The van der Waals surface area contributed by atoms with Gasteiger partial charge in [-0.05, 0) is 54.0 Å². The molecule has 1 aromatic carbocycles. The van der Waals surface area contributed by atoms with Gasteiger partial charge < -0.3 is 23.4 Å². The maximum atomic E-state index is 11.4. The summed E-state index contributed by atoms with van der Waals surface area (Å²) in [5, 5.41) is 11.7. The maximum Gasteiger partial charge on any atom is 0.191 e. The van der Waals surface area contributed by atoms with Crippen molar-refractivity contribution in [2.45, 2.75) is 117 Å². The van der Waals surface area contributed by atoms with Crippen LogP contribution in [0.5, 0.6) is 5.75 Å². The van der Waals surface area contributed by atoms with Crippen molar-refractivity contribution in [3.63, 3.8) is 0 Å². The molecule has 5 nitrogen and oxygen atoms in total. The molecule has 0 saturated carbocycles. The van der Waals surface area contributed by atoms with Crippen molar-refractivity contribution in [2.24, 2.45) is 17.8 Å². The van der Waals surface area contributed by atoms with Crippen molar-refractivity contribution < 1.29 is 23.4 Å². The first-order valence-electron chi connectivity index (χ1n) is 13.9. The van der Waals surface area contributed by atoms with Gasteiger partial charge in [0.05, 0.1) is 25.9 Å². The molecule has 0 bridgehead atoms. The minimum atomic E-state index is -1.89. The van der Waals surface area contributed by atoms with E-state index in [0.29, 0.717) is 19.8 Å². The monoisotopic (exact) mass is 554 g/mol. The maximum absolute atomic E-state index is 11.4. The normalized spacial score (nSPS) is 17.7. The first-order valence-corrected chi connectivity index (χ1v) is 19.8. The molecule has 0 aliphatic heterocycles. The van der Waals surface area contributed by atoms with Crippen molar-refractivity contribution in [1.82, 2.24) is 0 Å². The second-order valence-corrected chi connectivity index (χ2v) is 23.7. The molecule has 5 atom stereocenters. The topological polar surface area (TPSA) is 57.2 Å². The van der Waals surface area contributed by atoms with Gasteiger partial charge in [-0.1, -0.05) is 74.4 Å². The summed E-state index contributed by atoms with van der Waals surface area (Å²) in [6.07, 6.45) is -0.696. The second kappa shape index (κ2) is 13.6. The molecule has 0 spiro atoms. The molecular weight excluding hydrogens is 496 g/mol. The van der Waals surface area contributed by atoms with Gasteiger partial charge in [0.25, 0.3) is 0 Å². The summed E-state index contributed by atoms with van der Waals surface area (Å²) >= 11 is 0. The van der Waals surface area contributed by atoms with E-state index in [4.69, 9.17) is 18.3 Å². The summed E-state index contributed by atoms with van der Waals surface area (Å²) < 4.78 is 24.9. The quantitative estimate of drug-likeness (QED) is 0.237. The van der Waals surface area contributed by atoms with E-state index in [2.05, 4.69) is 88.5 Å². The molecule has 0 fully saturated rings. The summed E-state index contributed by atoms with van der Waals surface area (Å²) in [6.45, 7) is 30.6. The number of benzene rings is 1. The fourth-order valence-corrected chi connectivity index (χ4v) is 5.99. The second-order valence-electron chi connectivity index (χ2n) is 14.1. The molecule has 0 saturated heterocycles. The highest BCUT2D eigenvalue weighted by atomic mass is 28.4. The van der Waals surface area contributed by atoms with Gasteiger partial charge in [-0.25, -0.2) is 0 Å². The molecule has 0 radical (unpaired) electrons. The molecule has 1 aromatic rings. The van der Waals surface area contributed by atoms with E-state index in [1.165, 1.54) is 0 Å². The smallest absolute Gasteiger partial charge is 0.191 e. The highest BCUT2D eigenvalue weighted by Gasteiger charge is 2.40. The van der Waals surface area contributed by atoms with E-state index in [1.807, 2.05) is 24.3 Å². The van der Waals surface area contributed by atoms with Crippen LogP contribution in [0.2, 0.25) is 36.3 Å². The number of hydrogen-bond acceptors (Lipinski definition) is 5. The van der Waals surface area contributed by atoms with Crippen LogP contribution in [0, 0.1) is 17.8 Å². The lowest BCUT2D eigenvalue weighted by Crippen LogP contribution is -2.46. The third-order valence-corrected chi connectivity index (χ3v) is 17.8. The largest absolute Gasteiger partial charge is 0.497 e. The van der Waals surface area contributed by atoms with Gasteiger partial charge in [0.2, 0.25) is 0 Å². The van der Waals surface area contributed by atoms with Crippen LogP contribution in [-0.2, 0) is 20.2 Å². The predicted molar refractivity (Wildman–Crippen MR) is 161 cm³/mol. The highest BCUT2D eigenvalue weighted by molar-refractivity contribution is 6.74. The van der Waals surface area contributed by atoms with E-state index in [0.717, 1.165) is 11.3 Å². The minimum absolute atomic E-state index is 0.00437. The first kappa shape index (κ1) is 34.3. The van der Waals surface area contributed by atoms with Crippen molar-refractivity contribution in [1.29, 1.82) is 0 Å². The van der Waals surface area contributed by atoms with E-state index >= 15 is 0 Å². The average molecular weight is 555 g/mol. The van der Waals surface area contributed by atoms with Crippen molar-refractivity contribution in [2.75, 3.05) is 20.3 Å². The van der Waals surface area contributed by atoms with E-state index < -0.39 is 22.7 Å². The Kier molecular flexibility index (Phi) is 12.6. The summed E-state index contributed by atoms with van der Waals surface area (Å²) in [6, 6.07) is 7.97. The zero-order valence-electron chi connectivity index (χ0n) is 26.4. The molecule has 0 unspecified atom stereocenters. The predicted octanol–water partition coefficient (Wildman–Crippen LogP) is 7.89. The third-order valence-electron chi connectivity index (χ3n) is 8.83. The average Bonchev–Trinajstić information content (AvgIpc) is 2.79. The van der Waals surface area contributed by atoms with Gasteiger partial charge in [-0.2, -0.15) is 0 Å². The Balaban J connectivity index is 3.01. The van der Waals surface area contributed by atoms with Crippen molar-refractivity contribution in [3.8, 4) is 5.75 Å². The van der Waals surface area contributed by atoms with Crippen LogP contribution < -0.4 is 4.74 Å². The lowest BCUT2D eigenvalue weighted by atomic mass is 9.84. The van der Waals surface area contributed by atoms with Crippen LogP contribution in [0.15, 0.2) is 24.3 Å². The number of aliphatic hydroxyl groups excluding tert-OH is 1. The molecule has 0 amide bonds. The lowest BCUT2D eigenvalue weighted by molar-refractivity contribution is -0.0877. The zero-order valence-corrected chi connectivity index (χ0v) is 28.4. The Bertz CT molecular complexity index is 796. The molecule has 0 aliphatic rings. The van der Waals surface area contributed by atoms with Gasteiger partial charge in [-0.15, -0.1) is 0 Å². The fraction of sp³-hybridized carbons (Fsp3) is 0.800. The summed E-state index contributed by atoms with van der Waals surface area (Å²) in [5.41, 5.74) is 1.08. The van der Waals surface area contributed by atoms with Crippen LogP contribution in [0.4, 0.5) is 0 Å². The SMILES string of the molecule is COc1ccc(CO[C@H]([C@H](C)[C@@H](O)[C@@H](C)CO[Si](C)(C)C(C)(C)C)[C@@H](C)CO[Si](C)(C)C(C)(C)C)cc1. The van der Waals surface area contributed by atoms with Gasteiger partial charge in [0, 0.05) is 31.0 Å². The fourth-order valence-electron chi connectivity index (χ4n) is 3.77. The summed E-state index contributed by atoms with van der Waals surface area (Å²) in [5.74, 6) is 0.889. The minimum Gasteiger partial charge on any atom is -0.497 e. The third kappa shape index (κ3) is 10.1. The Morgan fingerprint density at radius 2 is 1.19 bits per heavy atom. The van der Waals surface area contributed by atoms with Crippen LogP contribution in [0.3, 0.4) is 0 Å². The summed E-state index contributed by atoms with van der Waals surface area (Å²) in [7, 11) is -2.11. The van der Waals surface area contributed by atoms with Gasteiger partial charge in [0.15, 0.2) is 16.6 Å². The lowest BCUT2D eigenvalue weighted by Gasteiger charge is -2.40. The van der Waals surface area contributed by atoms with E-state index in [9.17, 15) is 5.11 Å².